The van der Waals surface area contributed by atoms with Gasteiger partial charge in [-0.25, -0.2) is 9.78 Å². The van der Waals surface area contributed by atoms with Crippen LogP contribution in [0.5, 0.6) is 0 Å². The Morgan fingerprint density at radius 1 is 0.511 bits per heavy atom. The number of hydrogen-bond donors (Lipinski definition) is 0. The van der Waals surface area contributed by atoms with Gasteiger partial charge in [-0.05, 0) is 95.3 Å². The maximum atomic E-state index is 12.9. The van der Waals surface area contributed by atoms with E-state index >= 15 is 0 Å². The third-order valence-electron chi connectivity index (χ3n) is 10.5. The Morgan fingerprint density at radius 3 is 1.69 bits per heavy atom. The summed E-state index contributed by atoms with van der Waals surface area (Å²) in [5.74, 6) is 0.133. The fourth-order valence-electron chi connectivity index (χ4n) is 7.44. The van der Waals surface area contributed by atoms with E-state index in [1.807, 2.05) is 0 Å². The third-order valence-corrected chi connectivity index (χ3v) is 10.5. The molecule has 0 bridgehead atoms. The van der Waals surface area contributed by atoms with Crippen molar-refractivity contribution >= 4 is 17.9 Å². The highest BCUT2D eigenvalue weighted by molar-refractivity contribution is 5.73. The topological polar surface area (TPSA) is 135 Å². The van der Waals surface area contributed by atoms with Crippen LogP contribution >= 0.6 is 0 Å². The normalized spacial score (nSPS) is 35.7. The second kappa shape index (κ2) is 16.4. The molecule has 254 valence electrons. The van der Waals surface area contributed by atoms with Crippen molar-refractivity contribution in [2.45, 2.75) is 139 Å². The molecule has 3 aliphatic carbocycles. The van der Waals surface area contributed by atoms with Crippen LogP contribution in [0.15, 0.2) is 0 Å². The summed E-state index contributed by atoms with van der Waals surface area (Å²) >= 11 is 0. The Labute approximate surface area is 266 Å². The minimum atomic E-state index is -0.263. The standard InChI is InChI=1S/C34H52O11/c35-32(39-19-22-9-11-26-28(15-22)43-26)7-3-1-5-13-38-34(37)25-18-31-30(45-31)17-24(25)21-42-41-14-6-2-4-8-33(36)40-20-23-10-12-27-29(16-23)44-27/h22-31H,1-21H2. The van der Waals surface area contributed by atoms with Crippen LogP contribution in [0, 0.1) is 23.7 Å². The Morgan fingerprint density at radius 2 is 1.07 bits per heavy atom. The van der Waals surface area contributed by atoms with E-state index in [2.05, 4.69) is 0 Å². The zero-order valence-corrected chi connectivity index (χ0v) is 26.6. The number of rotatable bonds is 20. The first-order valence-corrected chi connectivity index (χ1v) is 17.7. The maximum Gasteiger partial charge on any atom is 0.309 e. The minimum absolute atomic E-state index is 0.00570. The lowest BCUT2D eigenvalue weighted by Crippen LogP contribution is -2.35. The molecule has 3 saturated carbocycles. The molecule has 3 heterocycles. The molecule has 45 heavy (non-hydrogen) atoms. The van der Waals surface area contributed by atoms with Crippen molar-refractivity contribution < 1.29 is 52.6 Å². The molecule has 0 aromatic heterocycles. The fourth-order valence-corrected chi connectivity index (χ4v) is 7.44. The first-order chi connectivity index (χ1) is 22.0. The molecule has 3 aliphatic heterocycles. The van der Waals surface area contributed by atoms with Crippen LogP contribution in [0.1, 0.15) is 103 Å². The summed E-state index contributed by atoms with van der Waals surface area (Å²) in [7, 11) is 0. The molecule has 0 aromatic carbocycles. The molecular formula is C34H52O11. The Balaban J connectivity index is 0.749. The van der Waals surface area contributed by atoms with Gasteiger partial charge < -0.3 is 28.4 Å². The van der Waals surface area contributed by atoms with Gasteiger partial charge in [0.2, 0.25) is 0 Å². The fraction of sp³-hybridized carbons (Fsp3) is 0.912. The van der Waals surface area contributed by atoms with E-state index in [1.54, 1.807) is 0 Å². The van der Waals surface area contributed by atoms with Gasteiger partial charge in [0.25, 0.3) is 0 Å². The van der Waals surface area contributed by atoms with Crippen molar-refractivity contribution in [2.24, 2.45) is 23.7 Å². The summed E-state index contributed by atoms with van der Waals surface area (Å²) in [6.07, 6.45) is 15.4. The van der Waals surface area contributed by atoms with Crippen LogP contribution in [-0.2, 0) is 52.6 Å². The summed E-state index contributed by atoms with van der Waals surface area (Å²) in [5, 5.41) is 0. The monoisotopic (exact) mass is 636 g/mol. The van der Waals surface area contributed by atoms with Crippen LogP contribution in [-0.4, -0.2) is 87.6 Å². The van der Waals surface area contributed by atoms with Crippen LogP contribution in [0.3, 0.4) is 0 Å². The highest BCUT2D eigenvalue weighted by atomic mass is 17.2. The zero-order valence-electron chi connectivity index (χ0n) is 26.6. The highest BCUT2D eigenvalue weighted by Gasteiger charge is 2.51. The molecule has 0 aromatic rings. The molecule has 11 heteroatoms. The van der Waals surface area contributed by atoms with Crippen molar-refractivity contribution in [2.75, 3.05) is 33.0 Å². The van der Waals surface area contributed by atoms with Gasteiger partial charge in [0, 0.05) is 18.8 Å². The van der Waals surface area contributed by atoms with E-state index in [1.165, 1.54) is 0 Å². The number of ether oxygens (including phenoxy) is 6. The summed E-state index contributed by atoms with van der Waals surface area (Å²) < 4.78 is 33.3. The van der Waals surface area contributed by atoms with Crippen LogP contribution < -0.4 is 0 Å². The number of fused-ring (bicyclic) bond motifs is 3. The number of unbranched alkanes of at least 4 members (excludes halogenated alkanes) is 4. The minimum Gasteiger partial charge on any atom is -0.465 e. The SMILES string of the molecule is O=C(CCCCCOOCC1CC2OC2CC1C(=O)OCCCCCC(=O)OCC1CCC2OC2C1)OCC1CCC2OC2C1. The zero-order chi connectivity index (χ0) is 31.0. The molecule has 6 aliphatic rings. The molecule has 10 atom stereocenters. The number of carbonyl (C=O) groups is 3. The summed E-state index contributed by atoms with van der Waals surface area (Å²) in [5.41, 5.74) is 0. The van der Waals surface area contributed by atoms with Gasteiger partial charge in [0.05, 0.1) is 75.6 Å². The van der Waals surface area contributed by atoms with E-state index in [0.29, 0.717) is 88.5 Å². The van der Waals surface area contributed by atoms with Gasteiger partial charge in [-0.2, -0.15) is 0 Å². The van der Waals surface area contributed by atoms with E-state index < -0.39 is 0 Å². The number of carbonyl (C=O) groups excluding carboxylic acids is 3. The van der Waals surface area contributed by atoms with Crippen molar-refractivity contribution in [1.29, 1.82) is 0 Å². The summed E-state index contributed by atoms with van der Waals surface area (Å²) in [6, 6.07) is 0. The predicted octanol–water partition coefficient (Wildman–Crippen LogP) is 4.61. The smallest absolute Gasteiger partial charge is 0.309 e. The quantitative estimate of drug-likeness (QED) is 0.0463. The Hall–Kier alpha value is -1.79. The number of hydrogen-bond acceptors (Lipinski definition) is 11. The first kappa shape index (κ1) is 33.1. The van der Waals surface area contributed by atoms with Crippen molar-refractivity contribution in [3.05, 3.63) is 0 Å². The molecule has 0 spiro atoms. The number of esters is 3. The Kier molecular flexibility index (Phi) is 12.0. The second-order valence-electron chi connectivity index (χ2n) is 14.1. The van der Waals surface area contributed by atoms with Gasteiger partial charge in [-0.1, -0.05) is 6.42 Å². The highest BCUT2D eigenvalue weighted by Crippen LogP contribution is 2.44. The third kappa shape index (κ3) is 10.6. The summed E-state index contributed by atoms with van der Waals surface area (Å²) in [6.45, 7) is 2.12. The lowest BCUT2D eigenvalue weighted by atomic mass is 9.80. The van der Waals surface area contributed by atoms with E-state index in [4.69, 9.17) is 38.2 Å². The Bertz CT molecular complexity index is 989. The van der Waals surface area contributed by atoms with Crippen LogP contribution in [0.2, 0.25) is 0 Å². The second-order valence-corrected chi connectivity index (χ2v) is 14.1. The largest absolute Gasteiger partial charge is 0.465 e. The maximum absolute atomic E-state index is 12.9. The van der Waals surface area contributed by atoms with Gasteiger partial charge >= 0.3 is 17.9 Å². The van der Waals surface area contributed by atoms with Crippen molar-refractivity contribution in [3.8, 4) is 0 Å². The average Bonchev–Trinajstić information content (AvgIpc) is 3.94. The van der Waals surface area contributed by atoms with E-state index in [9.17, 15) is 14.4 Å². The molecular weight excluding hydrogens is 584 g/mol. The molecule has 11 nitrogen and oxygen atoms in total. The average molecular weight is 637 g/mol. The molecule has 6 rings (SSSR count). The molecule has 3 saturated heterocycles. The number of epoxide rings is 3. The van der Waals surface area contributed by atoms with Gasteiger partial charge in [-0.15, -0.1) is 0 Å². The van der Waals surface area contributed by atoms with Crippen LogP contribution in [0.4, 0.5) is 0 Å². The van der Waals surface area contributed by atoms with Crippen molar-refractivity contribution in [3.63, 3.8) is 0 Å². The van der Waals surface area contributed by atoms with Gasteiger partial charge in [-0.3, -0.25) is 14.4 Å². The first-order valence-electron chi connectivity index (χ1n) is 17.7. The molecule has 0 N–H and O–H groups in total. The van der Waals surface area contributed by atoms with Gasteiger partial charge in [0.1, 0.15) is 0 Å². The van der Waals surface area contributed by atoms with E-state index in [0.717, 1.165) is 83.5 Å². The predicted molar refractivity (Wildman–Crippen MR) is 159 cm³/mol. The molecule has 10 unspecified atom stereocenters. The van der Waals surface area contributed by atoms with Crippen LogP contribution in [0.25, 0.3) is 0 Å². The van der Waals surface area contributed by atoms with E-state index in [-0.39, 0.29) is 42.0 Å². The lowest BCUT2D eigenvalue weighted by molar-refractivity contribution is -0.304. The lowest BCUT2D eigenvalue weighted by Gasteiger charge is -2.27. The molecule has 0 radical (unpaired) electrons. The molecule has 0 amide bonds. The summed E-state index contributed by atoms with van der Waals surface area (Å²) in [4.78, 5) is 47.9. The van der Waals surface area contributed by atoms with Crippen molar-refractivity contribution in [1.82, 2.24) is 0 Å². The molecule has 6 fully saturated rings. The van der Waals surface area contributed by atoms with Gasteiger partial charge in [0.15, 0.2) is 0 Å².